The normalized spacial score (nSPS) is 10.1. The van der Waals surface area contributed by atoms with Crippen LogP contribution in [0.2, 0.25) is 0 Å². The number of benzene rings is 1. The molecule has 0 aliphatic rings. The molecule has 0 saturated carbocycles. The van der Waals surface area contributed by atoms with Gasteiger partial charge in [0.1, 0.15) is 6.07 Å². The van der Waals surface area contributed by atoms with E-state index in [0.29, 0.717) is 5.56 Å². The van der Waals surface area contributed by atoms with Crippen molar-refractivity contribution in [2.45, 2.75) is 6.92 Å². The minimum atomic E-state index is 0.629. The van der Waals surface area contributed by atoms with Gasteiger partial charge in [0.25, 0.3) is 0 Å². The lowest BCUT2D eigenvalue weighted by atomic mass is 10.1. The number of aromatic nitrogens is 1. The molecule has 16 heavy (non-hydrogen) atoms. The van der Waals surface area contributed by atoms with Crippen molar-refractivity contribution >= 4 is 16.6 Å². The highest BCUT2D eigenvalue weighted by Gasteiger charge is 2.08. The molecule has 1 aromatic carbocycles. The van der Waals surface area contributed by atoms with Crippen LogP contribution in [0.3, 0.4) is 0 Å². The third kappa shape index (κ3) is 1.59. The van der Waals surface area contributed by atoms with E-state index < -0.39 is 0 Å². The molecule has 0 bridgehead atoms. The highest BCUT2D eigenvalue weighted by atomic mass is 15.1. The lowest BCUT2D eigenvalue weighted by Crippen LogP contribution is -2.10. The fourth-order valence-corrected chi connectivity index (χ4v) is 1.82. The summed E-state index contributed by atoms with van der Waals surface area (Å²) in [5.41, 5.74) is 3.44. The fraction of sp³-hybridized carbons (Fsp3) is 0.231. The van der Waals surface area contributed by atoms with E-state index in [2.05, 4.69) is 11.1 Å². The van der Waals surface area contributed by atoms with Crippen molar-refractivity contribution in [2.24, 2.45) is 0 Å². The van der Waals surface area contributed by atoms with Crippen molar-refractivity contribution in [3.63, 3.8) is 0 Å². The summed E-state index contributed by atoms with van der Waals surface area (Å²) in [5.74, 6) is 0. The molecule has 80 valence electrons. The molecule has 0 N–H and O–H groups in total. The topological polar surface area (TPSA) is 39.9 Å². The summed E-state index contributed by atoms with van der Waals surface area (Å²) in [6, 6.07) is 9.91. The third-order valence-corrected chi connectivity index (χ3v) is 2.55. The zero-order valence-electron chi connectivity index (χ0n) is 9.65. The van der Waals surface area contributed by atoms with Gasteiger partial charge in [-0.05, 0) is 19.1 Å². The Hall–Kier alpha value is -2.08. The minimum Gasteiger partial charge on any atom is -0.377 e. The van der Waals surface area contributed by atoms with E-state index in [1.165, 1.54) is 0 Å². The van der Waals surface area contributed by atoms with Gasteiger partial charge in [-0.3, -0.25) is 4.98 Å². The summed E-state index contributed by atoms with van der Waals surface area (Å²) in [6.07, 6.45) is 0. The molecule has 3 nitrogen and oxygen atoms in total. The largest absolute Gasteiger partial charge is 0.377 e. The predicted octanol–water partition coefficient (Wildman–Crippen LogP) is 2.48. The van der Waals surface area contributed by atoms with Crippen LogP contribution in [0.25, 0.3) is 10.9 Å². The zero-order chi connectivity index (χ0) is 11.7. The van der Waals surface area contributed by atoms with Crippen LogP contribution in [0.1, 0.15) is 11.3 Å². The summed E-state index contributed by atoms with van der Waals surface area (Å²) in [6.45, 7) is 1.95. The lowest BCUT2D eigenvalue weighted by molar-refractivity contribution is 1.12. The number of para-hydroxylation sites is 1. The summed E-state index contributed by atoms with van der Waals surface area (Å²) < 4.78 is 0. The van der Waals surface area contributed by atoms with Crippen LogP contribution in [0.4, 0.5) is 5.69 Å². The number of hydrogen-bond acceptors (Lipinski definition) is 3. The second-order valence-electron chi connectivity index (χ2n) is 3.99. The second kappa shape index (κ2) is 3.82. The average molecular weight is 211 g/mol. The Labute approximate surface area is 94.9 Å². The Morgan fingerprint density at radius 2 is 2.06 bits per heavy atom. The van der Waals surface area contributed by atoms with Crippen LogP contribution < -0.4 is 4.90 Å². The number of nitriles is 1. The Bertz CT molecular complexity index is 579. The number of rotatable bonds is 1. The molecular weight excluding hydrogens is 198 g/mol. The molecule has 0 fully saturated rings. The summed E-state index contributed by atoms with van der Waals surface area (Å²) in [4.78, 5) is 6.48. The van der Waals surface area contributed by atoms with E-state index in [1.807, 2.05) is 44.1 Å². The fourth-order valence-electron chi connectivity index (χ4n) is 1.82. The van der Waals surface area contributed by atoms with Crippen LogP contribution >= 0.6 is 0 Å². The van der Waals surface area contributed by atoms with E-state index in [0.717, 1.165) is 22.3 Å². The van der Waals surface area contributed by atoms with E-state index in [1.54, 1.807) is 6.07 Å². The van der Waals surface area contributed by atoms with Crippen LogP contribution in [0.5, 0.6) is 0 Å². The third-order valence-electron chi connectivity index (χ3n) is 2.55. The molecule has 2 rings (SSSR count). The first kappa shape index (κ1) is 10.4. The Balaban J connectivity index is 2.89. The maximum Gasteiger partial charge on any atom is 0.101 e. The van der Waals surface area contributed by atoms with Crippen LogP contribution in [-0.4, -0.2) is 19.1 Å². The van der Waals surface area contributed by atoms with Gasteiger partial charge in [-0.1, -0.05) is 12.1 Å². The molecule has 0 aliphatic carbocycles. The maximum absolute atomic E-state index is 9.05. The monoisotopic (exact) mass is 211 g/mol. The van der Waals surface area contributed by atoms with Crippen LogP contribution in [0, 0.1) is 18.3 Å². The second-order valence-corrected chi connectivity index (χ2v) is 3.99. The molecule has 3 heteroatoms. The number of hydrogen-bond donors (Lipinski definition) is 0. The van der Waals surface area contributed by atoms with Crippen molar-refractivity contribution in [2.75, 3.05) is 19.0 Å². The molecule has 0 amide bonds. The Morgan fingerprint density at radius 1 is 1.31 bits per heavy atom. The van der Waals surface area contributed by atoms with E-state index in [-0.39, 0.29) is 0 Å². The quantitative estimate of drug-likeness (QED) is 0.727. The van der Waals surface area contributed by atoms with Gasteiger partial charge in [0, 0.05) is 30.9 Å². The van der Waals surface area contributed by atoms with Gasteiger partial charge in [-0.25, -0.2) is 0 Å². The van der Waals surface area contributed by atoms with Gasteiger partial charge in [-0.2, -0.15) is 5.26 Å². The highest BCUT2D eigenvalue weighted by Crippen LogP contribution is 2.27. The van der Waals surface area contributed by atoms with Crippen molar-refractivity contribution in [3.05, 3.63) is 35.5 Å². The molecule has 1 aromatic heterocycles. The van der Waals surface area contributed by atoms with Crippen molar-refractivity contribution in [1.29, 1.82) is 5.26 Å². The molecule has 0 aliphatic heterocycles. The first-order valence-electron chi connectivity index (χ1n) is 5.11. The van der Waals surface area contributed by atoms with Crippen molar-refractivity contribution in [3.8, 4) is 6.07 Å². The maximum atomic E-state index is 9.05. The molecule has 0 spiro atoms. The zero-order valence-corrected chi connectivity index (χ0v) is 9.65. The number of pyridine rings is 1. The SMILES string of the molecule is Cc1cc(N(C)C)c2cccc(C#N)c2n1. The van der Waals surface area contributed by atoms with E-state index in [9.17, 15) is 0 Å². The van der Waals surface area contributed by atoms with Crippen molar-refractivity contribution < 1.29 is 0 Å². The molecule has 0 radical (unpaired) electrons. The highest BCUT2D eigenvalue weighted by molar-refractivity contribution is 5.94. The molecule has 0 unspecified atom stereocenters. The smallest absolute Gasteiger partial charge is 0.101 e. The van der Waals surface area contributed by atoms with E-state index >= 15 is 0 Å². The lowest BCUT2D eigenvalue weighted by Gasteiger charge is -2.16. The molecule has 0 atom stereocenters. The number of nitrogens with zero attached hydrogens (tertiary/aromatic N) is 3. The summed E-state index contributed by atoms with van der Waals surface area (Å²) >= 11 is 0. The first-order chi connectivity index (χ1) is 7.63. The minimum absolute atomic E-state index is 0.629. The van der Waals surface area contributed by atoms with Crippen LogP contribution in [0.15, 0.2) is 24.3 Å². The van der Waals surface area contributed by atoms with E-state index in [4.69, 9.17) is 5.26 Å². The first-order valence-corrected chi connectivity index (χ1v) is 5.11. The average Bonchev–Trinajstić information content (AvgIpc) is 2.27. The Kier molecular flexibility index (Phi) is 2.49. The molecule has 2 aromatic rings. The molecule has 1 heterocycles. The number of anilines is 1. The number of aryl methyl sites for hydroxylation is 1. The summed E-state index contributed by atoms with van der Waals surface area (Å²) in [5, 5.41) is 10.1. The van der Waals surface area contributed by atoms with Gasteiger partial charge >= 0.3 is 0 Å². The van der Waals surface area contributed by atoms with Gasteiger partial charge in [0.15, 0.2) is 0 Å². The predicted molar refractivity (Wildman–Crippen MR) is 65.5 cm³/mol. The molecular formula is C13H13N3. The van der Waals surface area contributed by atoms with Gasteiger partial charge in [0.05, 0.1) is 11.1 Å². The number of fused-ring (bicyclic) bond motifs is 1. The molecule has 0 saturated heterocycles. The van der Waals surface area contributed by atoms with Gasteiger partial charge in [-0.15, -0.1) is 0 Å². The van der Waals surface area contributed by atoms with Gasteiger partial charge < -0.3 is 4.90 Å². The van der Waals surface area contributed by atoms with Gasteiger partial charge in [0.2, 0.25) is 0 Å². The van der Waals surface area contributed by atoms with Crippen LogP contribution in [-0.2, 0) is 0 Å². The summed E-state index contributed by atoms with van der Waals surface area (Å²) in [7, 11) is 3.99. The Morgan fingerprint density at radius 3 is 2.69 bits per heavy atom. The van der Waals surface area contributed by atoms with Crippen molar-refractivity contribution in [1.82, 2.24) is 4.98 Å². The standard InChI is InChI=1S/C13H13N3/c1-9-7-12(16(2)3)11-6-4-5-10(8-14)13(11)15-9/h4-7H,1-3H3.